The fourth-order valence-corrected chi connectivity index (χ4v) is 3.67. The zero-order chi connectivity index (χ0) is 14.3. The minimum absolute atomic E-state index is 0.378. The number of fused-ring (bicyclic) bond motifs is 1. The summed E-state index contributed by atoms with van der Waals surface area (Å²) in [6.07, 6.45) is 4.88. The number of carboxylic acids is 1. The molecule has 2 aliphatic carbocycles. The Balaban J connectivity index is 1.80. The fourth-order valence-electron chi connectivity index (χ4n) is 3.67. The summed E-state index contributed by atoms with van der Waals surface area (Å²) in [5, 5.41) is 21.6. The zero-order valence-corrected chi connectivity index (χ0v) is 12.1. The van der Waals surface area contributed by atoms with Crippen LogP contribution in [0.1, 0.15) is 57.7 Å². The molecule has 0 aromatic carbocycles. The first kappa shape index (κ1) is 13.5. The summed E-state index contributed by atoms with van der Waals surface area (Å²) in [4.78, 5) is 11.6. The summed E-state index contributed by atoms with van der Waals surface area (Å²) in [5.74, 6) is 2.30. The number of carboxylic acid groups (broad SMARTS) is 1. The van der Waals surface area contributed by atoms with Crippen molar-refractivity contribution in [1.82, 2.24) is 20.2 Å². The predicted octanol–water partition coefficient (Wildman–Crippen LogP) is 2.08. The van der Waals surface area contributed by atoms with E-state index >= 15 is 0 Å². The van der Waals surface area contributed by atoms with Crippen molar-refractivity contribution in [3.8, 4) is 0 Å². The lowest BCUT2D eigenvalue weighted by Crippen LogP contribution is -2.35. The third-order valence-electron chi connectivity index (χ3n) is 5.43. The summed E-state index contributed by atoms with van der Waals surface area (Å²) in [5.41, 5.74) is -0.758. The van der Waals surface area contributed by atoms with Gasteiger partial charge in [0.25, 0.3) is 0 Å². The van der Waals surface area contributed by atoms with Gasteiger partial charge in [-0.15, -0.1) is 5.10 Å². The lowest BCUT2D eigenvalue weighted by molar-refractivity contribution is -0.150. The first-order valence-electron chi connectivity index (χ1n) is 7.59. The van der Waals surface area contributed by atoms with Crippen molar-refractivity contribution in [2.45, 2.75) is 58.4 Å². The van der Waals surface area contributed by atoms with Gasteiger partial charge >= 0.3 is 5.97 Å². The predicted molar refractivity (Wildman–Crippen MR) is 72.0 cm³/mol. The quantitative estimate of drug-likeness (QED) is 0.861. The van der Waals surface area contributed by atoms with Crippen LogP contribution < -0.4 is 0 Å². The molecule has 20 heavy (non-hydrogen) atoms. The molecule has 0 saturated heterocycles. The number of hydrogen-bond acceptors (Lipinski definition) is 4. The lowest BCUT2D eigenvalue weighted by atomic mass is 9.82. The summed E-state index contributed by atoms with van der Waals surface area (Å²) in [7, 11) is 0. The third kappa shape index (κ3) is 2.11. The highest BCUT2D eigenvalue weighted by Gasteiger charge is 2.48. The highest BCUT2D eigenvalue weighted by atomic mass is 16.4. The van der Waals surface area contributed by atoms with Crippen molar-refractivity contribution < 1.29 is 9.90 Å². The van der Waals surface area contributed by atoms with E-state index in [0.29, 0.717) is 25.3 Å². The normalized spacial score (nSPS) is 28.4. The maximum atomic E-state index is 11.6. The van der Waals surface area contributed by atoms with Gasteiger partial charge in [0.15, 0.2) is 5.82 Å². The lowest BCUT2D eigenvalue weighted by Gasteiger charge is -2.27. The van der Waals surface area contributed by atoms with Crippen LogP contribution in [-0.2, 0) is 11.3 Å². The first-order valence-corrected chi connectivity index (χ1v) is 7.59. The van der Waals surface area contributed by atoms with E-state index in [0.717, 1.165) is 17.7 Å². The molecular formula is C14H22N4O2. The summed E-state index contributed by atoms with van der Waals surface area (Å²) in [6.45, 7) is 4.22. The van der Waals surface area contributed by atoms with Crippen LogP contribution in [-0.4, -0.2) is 31.3 Å². The standard InChI is InChI=1S/C14H22N4O2/c1-3-14(4-2,13(19)20)8-18-12(15-16-17-18)11-6-9-5-10(9)7-11/h9-11H,3-8H2,1-2H3,(H,19,20). The van der Waals surface area contributed by atoms with Gasteiger partial charge in [-0.05, 0) is 54.4 Å². The van der Waals surface area contributed by atoms with Crippen LogP contribution in [0.3, 0.4) is 0 Å². The van der Waals surface area contributed by atoms with Crippen LogP contribution in [0.4, 0.5) is 0 Å². The molecule has 6 heteroatoms. The van der Waals surface area contributed by atoms with E-state index in [1.807, 2.05) is 13.8 Å². The smallest absolute Gasteiger partial charge is 0.311 e. The van der Waals surface area contributed by atoms with E-state index < -0.39 is 11.4 Å². The molecular weight excluding hydrogens is 256 g/mol. The van der Waals surface area contributed by atoms with Crippen LogP contribution in [0.2, 0.25) is 0 Å². The van der Waals surface area contributed by atoms with Gasteiger partial charge in [0, 0.05) is 5.92 Å². The Bertz CT molecular complexity index is 499. The van der Waals surface area contributed by atoms with Gasteiger partial charge in [-0.1, -0.05) is 13.8 Å². The van der Waals surface area contributed by atoms with E-state index in [1.165, 1.54) is 19.3 Å². The molecule has 0 aliphatic heterocycles. The molecule has 0 radical (unpaired) electrons. The second-order valence-corrected chi connectivity index (χ2v) is 6.41. The number of aliphatic carboxylic acids is 1. The maximum absolute atomic E-state index is 11.6. The van der Waals surface area contributed by atoms with Crippen LogP contribution >= 0.6 is 0 Å². The average molecular weight is 278 g/mol. The van der Waals surface area contributed by atoms with Crippen molar-refractivity contribution in [1.29, 1.82) is 0 Å². The van der Waals surface area contributed by atoms with Crippen molar-refractivity contribution >= 4 is 5.97 Å². The Morgan fingerprint density at radius 3 is 2.50 bits per heavy atom. The van der Waals surface area contributed by atoms with E-state index in [2.05, 4.69) is 15.5 Å². The molecule has 110 valence electrons. The van der Waals surface area contributed by atoms with Gasteiger partial charge in [-0.2, -0.15) is 0 Å². The Morgan fingerprint density at radius 2 is 1.95 bits per heavy atom. The van der Waals surface area contributed by atoms with Crippen molar-refractivity contribution in [2.24, 2.45) is 17.3 Å². The maximum Gasteiger partial charge on any atom is 0.311 e. The highest BCUT2D eigenvalue weighted by molar-refractivity contribution is 5.74. The molecule has 1 N–H and O–H groups in total. The third-order valence-corrected chi connectivity index (χ3v) is 5.43. The molecule has 2 fully saturated rings. The number of rotatable bonds is 6. The second-order valence-electron chi connectivity index (χ2n) is 6.41. The Morgan fingerprint density at radius 1 is 1.30 bits per heavy atom. The van der Waals surface area contributed by atoms with Crippen LogP contribution in [0.15, 0.2) is 0 Å². The minimum Gasteiger partial charge on any atom is -0.481 e. The molecule has 0 spiro atoms. The zero-order valence-electron chi connectivity index (χ0n) is 12.1. The number of tetrazole rings is 1. The number of hydrogen-bond donors (Lipinski definition) is 1. The Kier molecular flexibility index (Phi) is 3.26. The summed E-state index contributed by atoms with van der Waals surface area (Å²) < 4.78 is 1.75. The van der Waals surface area contributed by atoms with Gasteiger partial charge in [-0.25, -0.2) is 4.68 Å². The summed E-state index contributed by atoms with van der Waals surface area (Å²) >= 11 is 0. The number of nitrogens with zero attached hydrogens (tertiary/aromatic N) is 4. The largest absolute Gasteiger partial charge is 0.481 e. The van der Waals surface area contributed by atoms with Crippen LogP contribution in [0, 0.1) is 17.3 Å². The van der Waals surface area contributed by atoms with E-state index in [-0.39, 0.29) is 0 Å². The van der Waals surface area contributed by atoms with E-state index in [1.54, 1.807) is 4.68 Å². The topological polar surface area (TPSA) is 80.9 Å². The number of aromatic nitrogens is 4. The van der Waals surface area contributed by atoms with Gasteiger partial charge in [0.2, 0.25) is 0 Å². The molecule has 2 unspecified atom stereocenters. The molecule has 0 amide bonds. The van der Waals surface area contributed by atoms with Crippen LogP contribution in [0.5, 0.6) is 0 Å². The molecule has 0 bridgehead atoms. The number of carbonyl (C=O) groups is 1. The minimum atomic E-state index is -0.758. The molecule has 2 atom stereocenters. The molecule has 3 rings (SSSR count). The van der Waals surface area contributed by atoms with Crippen LogP contribution in [0.25, 0.3) is 0 Å². The highest BCUT2D eigenvalue weighted by Crippen LogP contribution is 2.57. The molecule has 1 heterocycles. The Labute approximate surface area is 118 Å². The molecule has 2 aliphatic rings. The average Bonchev–Trinajstić information content (AvgIpc) is 2.88. The van der Waals surface area contributed by atoms with E-state index in [4.69, 9.17) is 0 Å². The molecule has 1 aromatic heterocycles. The van der Waals surface area contributed by atoms with Gasteiger partial charge < -0.3 is 5.11 Å². The van der Waals surface area contributed by atoms with E-state index in [9.17, 15) is 9.90 Å². The molecule has 2 saturated carbocycles. The van der Waals surface area contributed by atoms with Crippen molar-refractivity contribution in [2.75, 3.05) is 0 Å². The molecule has 1 aromatic rings. The van der Waals surface area contributed by atoms with Gasteiger partial charge in [0.1, 0.15) is 0 Å². The van der Waals surface area contributed by atoms with Crippen molar-refractivity contribution in [3.63, 3.8) is 0 Å². The monoisotopic (exact) mass is 278 g/mol. The fraction of sp³-hybridized carbons (Fsp3) is 0.857. The first-order chi connectivity index (χ1) is 9.59. The van der Waals surface area contributed by atoms with Crippen molar-refractivity contribution in [3.05, 3.63) is 5.82 Å². The Hall–Kier alpha value is -1.46. The second kappa shape index (κ2) is 4.82. The van der Waals surface area contributed by atoms with Gasteiger partial charge in [0.05, 0.1) is 12.0 Å². The summed E-state index contributed by atoms with van der Waals surface area (Å²) in [6, 6.07) is 0. The molecule has 6 nitrogen and oxygen atoms in total. The SMILES string of the molecule is CCC(CC)(Cn1nnnc1C1CC2CC2C1)C(=O)O. The van der Waals surface area contributed by atoms with Gasteiger partial charge in [-0.3, -0.25) is 4.79 Å².